The van der Waals surface area contributed by atoms with Crippen LogP contribution in [0.4, 0.5) is 0 Å². The molecule has 2 unspecified atom stereocenters. The van der Waals surface area contributed by atoms with E-state index in [1.165, 1.54) is 17.5 Å². The second-order valence-corrected chi connectivity index (χ2v) is 6.07. The second-order valence-electron chi connectivity index (χ2n) is 6.07. The van der Waals surface area contributed by atoms with E-state index in [2.05, 4.69) is 35.9 Å². The zero-order valence-electron chi connectivity index (χ0n) is 12.1. The molecule has 1 aliphatic heterocycles. The number of fused-ring (bicyclic) bond motifs is 6. The van der Waals surface area contributed by atoms with Crippen LogP contribution in [0.5, 0.6) is 0 Å². The Kier molecular flexibility index (Phi) is 3.51. The van der Waals surface area contributed by atoms with Crippen LogP contribution in [-0.2, 0) is 6.54 Å². The van der Waals surface area contributed by atoms with Gasteiger partial charge in [-0.25, -0.2) is 4.98 Å². The van der Waals surface area contributed by atoms with Crippen LogP contribution < -0.4 is 5.32 Å². The minimum Gasteiger partial charge on any atom is -0.328 e. The third-order valence-electron chi connectivity index (χ3n) is 4.82. The molecule has 1 aromatic heterocycles. The average Bonchev–Trinajstić information content (AvgIpc) is 2.85. The highest BCUT2D eigenvalue weighted by Gasteiger charge is 2.34. The van der Waals surface area contributed by atoms with Gasteiger partial charge in [-0.2, -0.15) is 0 Å². The van der Waals surface area contributed by atoms with Gasteiger partial charge in [0.2, 0.25) is 0 Å². The molecule has 0 spiro atoms. The lowest BCUT2D eigenvalue weighted by molar-refractivity contribution is 0.454. The predicted molar refractivity (Wildman–Crippen MR) is 85.0 cm³/mol. The number of imidazole rings is 1. The minimum atomic E-state index is 0. The van der Waals surface area contributed by atoms with Crippen molar-refractivity contribution in [1.82, 2.24) is 14.9 Å². The first kappa shape index (κ1) is 13.9. The summed E-state index contributed by atoms with van der Waals surface area (Å²) in [5.41, 5.74) is 5.67. The fraction of sp³-hybridized carbons (Fsp3) is 0.562. The third kappa shape index (κ3) is 1.87. The maximum Gasteiger partial charge on any atom is 0.106 e. The van der Waals surface area contributed by atoms with Gasteiger partial charge in [0, 0.05) is 19.6 Å². The zero-order valence-corrected chi connectivity index (χ0v) is 13.0. The number of halogens is 1. The molecule has 3 nitrogen and oxygen atoms in total. The Morgan fingerprint density at radius 1 is 1.25 bits per heavy atom. The molecule has 1 aliphatic carbocycles. The molecule has 0 saturated carbocycles. The first-order valence-electron chi connectivity index (χ1n) is 7.49. The van der Waals surface area contributed by atoms with Crippen molar-refractivity contribution in [3.63, 3.8) is 0 Å². The third-order valence-corrected chi connectivity index (χ3v) is 4.82. The Labute approximate surface area is 126 Å². The van der Waals surface area contributed by atoms with E-state index in [-0.39, 0.29) is 12.4 Å². The molecule has 2 atom stereocenters. The number of aryl methyl sites for hydroxylation is 2. The van der Waals surface area contributed by atoms with Gasteiger partial charge in [-0.15, -0.1) is 12.4 Å². The lowest BCUT2D eigenvalue weighted by Gasteiger charge is -2.19. The van der Waals surface area contributed by atoms with Crippen molar-refractivity contribution in [3.8, 4) is 0 Å². The summed E-state index contributed by atoms with van der Waals surface area (Å²) in [6.07, 6.45) is 2.50. The van der Waals surface area contributed by atoms with Crippen LogP contribution in [0.2, 0.25) is 0 Å². The second kappa shape index (κ2) is 5.05. The number of aromatic nitrogens is 2. The fourth-order valence-electron chi connectivity index (χ4n) is 3.95. The van der Waals surface area contributed by atoms with Crippen molar-refractivity contribution >= 4 is 23.4 Å². The lowest BCUT2D eigenvalue weighted by Crippen LogP contribution is -2.28. The Balaban J connectivity index is 0.00000121. The van der Waals surface area contributed by atoms with E-state index in [9.17, 15) is 0 Å². The lowest BCUT2D eigenvalue weighted by atomic mass is 9.98. The van der Waals surface area contributed by atoms with Crippen LogP contribution in [0.25, 0.3) is 11.0 Å². The summed E-state index contributed by atoms with van der Waals surface area (Å²) >= 11 is 0. The molecule has 2 aliphatic rings. The molecular weight excluding hydrogens is 270 g/mol. The van der Waals surface area contributed by atoms with Crippen molar-refractivity contribution in [2.75, 3.05) is 13.1 Å². The van der Waals surface area contributed by atoms with E-state index in [0.717, 1.165) is 43.7 Å². The summed E-state index contributed by atoms with van der Waals surface area (Å²) in [5.74, 6) is 2.60. The number of benzene rings is 1. The topological polar surface area (TPSA) is 29.9 Å². The van der Waals surface area contributed by atoms with E-state index in [1.54, 1.807) is 11.1 Å². The van der Waals surface area contributed by atoms with Gasteiger partial charge >= 0.3 is 0 Å². The SMILES string of the molecule is CCCn1c(C)nc2cc3c(cc21)C1CNCC3C1.Cl. The fourth-order valence-corrected chi connectivity index (χ4v) is 3.95. The standard InChI is InChI=1S/C16H21N3.ClH/c1-3-4-19-10(2)18-15-6-13-11-5-12(9-17-8-11)14(13)7-16(15)19;/h6-7,11-12,17H,3-5,8-9H2,1-2H3;1H. The number of hydrogen-bond donors (Lipinski definition) is 1. The Bertz CT molecular complexity index is 647. The van der Waals surface area contributed by atoms with Crippen molar-refractivity contribution in [2.45, 2.75) is 45.1 Å². The number of nitrogens with one attached hydrogen (secondary N) is 1. The van der Waals surface area contributed by atoms with E-state index >= 15 is 0 Å². The van der Waals surface area contributed by atoms with Crippen LogP contribution in [0, 0.1) is 6.92 Å². The number of hydrogen-bond acceptors (Lipinski definition) is 2. The molecule has 4 rings (SSSR count). The summed E-state index contributed by atoms with van der Waals surface area (Å²) in [4.78, 5) is 4.77. The van der Waals surface area contributed by atoms with Gasteiger partial charge in [-0.1, -0.05) is 6.92 Å². The van der Waals surface area contributed by atoms with Crippen molar-refractivity contribution in [3.05, 3.63) is 29.1 Å². The predicted octanol–water partition coefficient (Wildman–Crippen LogP) is 3.35. The maximum absolute atomic E-state index is 4.77. The molecule has 4 heteroatoms. The van der Waals surface area contributed by atoms with E-state index in [1.807, 2.05) is 0 Å². The molecule has 1 fully saturated rings. The van der Waals surface area contributed by atoms with Crippen molar-refractivity contribution in [2.24, 2.45) is 0 Å². The highest BCUT2D eigenvalue weighted by Crippen LogP contribution is 2.44. The maximum atomic E-state index is 4.77. The Morgan fingerprint density at radius 2 is 1.95 bits per heavy atom. The van der Waals surface area contributed by atoms with Gasteiger partial charge in [0.1, 0.15) is 5.82 Å². The normalized spacial score (nSPS) is 23.7. The molecule has 2 aromatic rings. The van der Waals surface area contributed by atoms with Crippen LogP contribution in [-0.4, -0.2) is 22.6 Å². The van der Waals surface area contributed by atoms with Gasteiger partial charge in [0.05, 0.1) is 11.0 Å². The smallest absolute Gasteiger partial charge is 0.106 e. The molecule has 20 heavy (non-hydrogen) atoms. The van der Waals surface area contributed by atoms with Gasteiger partial charge in [-0.3, -0.25) is 0 Å². The molecule has 2 heterocycles. The summed E-state index contributed by atoms with van der Waals surface area (Å²) in [5, 5.41) is 3.56. The monoisotopic (exact) mass is 291 g/mol. The molecule has 0 amide bonds. The Morgan fingerprint density at radius 3 is 2.65 bits per heavy atom. The molecule has 1 N–H and O–H groups in total. The van der Waals surface area contributed by atoms with Crippen molar-refractivity contribution in [1.29, 1.82) is 0 Å². The number of nitrogens with zero attached hydrogens (tertiary/aromatic N) is 2. The molecule has 0 radical (unpaired) electrons. The summed E-state index contributed by atoms with van der Waals surface area (Å²) in [6.45, 7) is 7.73. The van der Waals surface area contributed by atoms with E-state index in [4.69, 9.17) is 4.98 Å². The van der Waals surface area contributed by atoms with Crippen LogP contribution in [0.1, 0.15) is 48.6 Å². The zero-order chi connectivity index (χ0) is 13.0. The molecule has 108 valence electrons. The first-order chi connectivity index (χ1) is 9.28. The van der Waals surface area contributed by atoms with E-state index in [0.29, 0.717) is 0 Å². The number of piperidine rings is 1. The highest BCUT2D eigenvalue weighted by atomic mass is 35.5. The summed E-state index contributed by atoms with van der Waals surface area (Å²) in [7, 11) is 0. The highest BCUT2D eigenvalue weighted by molar-refractivity contribution is 5.85. The van der Waals surface area contributed by atoms with Crippen LogP contribution in [0.15, 0.2) is 12.1 Å². The van der Waals surface area contributed by atoms with E-state index < -0.39 is 0 Å². The van der Waals surface area contributed by atoms with Gasteiger partial charge in [0.15, 0.2) is 0 Å². The van der Waals surface area contributed by atoms with Gasteiger partial charge < -0.3 is 9.88 Å². The number of rotatable bonds is 2. The average molecular weight is 292 g/mol. The Hall–Kier alpha value is -1.06. The summed E-state index contributed by atoms with van der Waals surface area (Å²) < 4.78 is 2.38. The largest absolute Gasteiger partial charge is 0.328 e. The van der Waals surface area contributed by atoms with Crippen LogP contribution in [0.3, 0.4) is 0 Å². The molecule has 1 saturated heterocycles. The first-order valence-corrected chi connectivity index (χ1v) is 7.49. The minimum absolute atomic E-state index is 0. The van der Waals surface area contributed by atoms with Gasteiger partial charge in [-0.05, 0) is 54.9 Å². The van der Waals surface area contributed by atoms with Crippen LogP contribution >= 0.6 is 12.4 Å². The molecular formula is C16H22ClN3. The van der Waals surface area contributed by atoms with Gasteiger partial charge in [0.25, 0.3) is 0 Å². The molecule has 1 aromatic carbocycles. The molecule has 2 bridgehead atoms. The summed E-state index contributed by atoms with van der Waals surface area (Å²) in [6, 6.07) is 4.79. The quantitative estimate of drug-likeness (QED) is 0.919. The van der Waals surface area contributed by atoms with Crippen molar-refractivity contribution < 1.29 is 0 Å².